The number of aliphatic carboxylic acids is 1. The predicted molar refractivity (Wildman–Crippen MR) is 80.2 cm³/mol. The van der Waals surface area contributed by atoms with Crippen molar-refractivity contribution in [2.24, 2.45) is 0 Å². The Morgan fingerprint density at radius 3 is 2.57 bits per heavy atom. The minimum Gasteiger partial charge on any atom is -0.481 e. The summed E-state index contributed by atoms with van der Waals surface area (Å²) in [6, 6.07) is 0. The number of carboxylic acid groups (broad SMARTS) is 1. The smallest absolute Gasteiger partial charge is 0.303 e. The molecule has 0 aromatic carbocycles. The van der Waals surface area contributed by atoms with E-state index in [-0.39, 0.29) is 6.42 Å². The first kappa shape index (κ1) is 17.6. The number of aromatic nitrogens is 1. The van der Waals surface area contributed by atoms with Gasteiger partial charge in [-0.1, -0.05) is 0 Å². The SMILES string of the molecule is CC(C)(C(=O)Nc1nc(CCCC(=O)O)cs1)S(C)(=O)=O. The van der Waals surface area contributed by atoms with E-state index in [9.17, 15) is 18.0 Å². The average molecular weight is 334 g/mol. The van der Waals surface area contributed by atoms with Crippen molar-refractivity contribution in [2.75, 3.05) is 11.6 Å². The number of hydrogen-bond acceptors (Lipinski definition) is 6. The minimum absolute atomic E-state index is 0.0559. The summed E-state index contributed by atoms with van der Waals surface area (Å²) in [5, 5.41) is 13.1. The lowest BCUT2D eigenvalue weighted by atomic mass is 10.2. The normalized spacial score (nSPS) is 12.1. The van der Waals surface area contributed by atoms with Crippen LogP contribution in [0.2, 0.25) is 0 Å². The zero-order valence-corrected chi connectivity index (χ0v) is 13.7. The lowest BCUT2D eigenvalue weighted by Crippen LogP contribution is -2.43. The molecular formula is C12H18N2O5S2. The standard InChI is InChI=1S/C12H18N2O5S2/c1-12(2,21(3,18)19)10(17)14-11-13-8(7-20-11)5-4-6-9(15)16/h7H,4-6H2,1-3H3,(H,15,16)(H,13,14,17). The maximum absolute atomic E-state index is 12.0. The highest BCUT2D eigenvalue weighted by molar-refractivity contribution is 7.92. The molecule has 0 aliphatic heterocycles. The Morgan fingerprint density at radius 2 is 2.05 bits per heavy atom. The lowest BCUT2D eigenvalue weighted by Gasteiger charge is -2.20. The number of aryl methyl sites for hydroxylation is 1. The molecule has 0 unspecified atom stereocenters. The number of nitrogens with one attached hydrogen (secondary N) is 1. The zero-order chi connectivity index (χ0) is 16.3. The topological polar surface area (TPSA) is 113 Å². The molecule has 0 aliphatic rings. The highest BCUT2D eigenvalue weighted by atomic mass is 32.2. The van der Waals surface area contributed by atoms with Gasteiger partial charge in [0, 0.05) is 18.1 Å². The Balaban J connectivity index is 2.67. The fraction of sp³-hybridized carbons (Fsp3) is 0.583. The number of carbonyl (C=O) groups is 2. The van der Waals surface area contributed by atoms with Gasteiger partial charge in [-0.3, -0.25) is 9.59 Å². The van der Waals surface area contributed by atoms with E-state index in [1.54, 1.807) is 5.38 Å². The molecule has 1 aromatic rings. The summed E-state index contributed by atoms with van der Waals surface area (Å²) in [6.07, 6.45) is 2.02. The van der Waals surface area contributed by atoms with E-state index in [1.807, 2.05) is 0 Å². The average Bonchev–Trinajstić information content (AvgIpc) is 2.74. The molecule has 1 heterocycles. The number of amides is 1. The predicted octanol–water partition coefficient (Wildman–Crippen LogP) is 1.31. The highest BCUT2D eigenvalue weighted by Gasteiger charge is 2.38. The van der Waals surface area contributed by atoms with Crippen molar-refractivity contribution in [3.05, 3.63) is 11.1 Å². The highest BCUT2D eigenvalue weighted by Crippen LogP contribution is 2.21. The van der Waals surface area contributed by atoms with E-state index in [0.29, 0.717) is 23.7 Å². The van der Waals surface area contributed by atoms with Gasteiger partial charge in [-0.15, -0.1) is 11.3 Å². The lowest BCUT2D eigenvalue weighted by molar-refractivity contribution is -0.137. The Morgan fingerprint density at radius 1 is 1.43 bits per heavy atom. The van der Waals surface area contributed by atoms with Gasteiger partial charge >= 0.3 is 5.97 Å². The second-order valence-electron chi connectivity index (χ2n) is 5.13. The maximum Gasteiger partial charge on any atom is 0.303 e. The molecule has 7 nitrogen and oxygen atoms in total. The second-order valence-corrected chi connectivity index (χ2v) is 8.55. The molecule has 118 valence electrons. The Hall–Kier alpha value is -1.48. The van der Waals surface area contributed by atoms with Crippen molar-refractivity contribution < 1.29 is 23.1 Å². The van der Waals surface area contributed by atoms with Gasteiger partial charge < -0.3 is 10.4 Å². The molecule has 9 heteroatoms. The maximum atomic E-state index is 12.0. The molecule has 0 aliphatic carbocycles. The molecular weight excluding hydrogens is 316 g/mol. The van der Waals surface area contributed by atoms with Crippen molar-refractivity contribution in [1.29, 1.82) is 0 Å². The number of hydrogen-bond donors (Lipinski definition) is 2. The third-order valence-corrected chi connectivity index (χ3v) is 5.92. The first-order valence-corrected chi connectivity index (χ1v) is 8.98. The molecule has 0 radical (unpaired) electrons. The molecule has 0 saturated heterocycles. The van der Waals surface area contributed by atoms with Gasteiger partial charge in [0.1, 0.15) is 4.75 Å². The van der Waals surface area contributed by atoms with Crippen LogP contribution in [0.4, 0.5) is 5.13 Å². The summed E-state index contributed by atoms with van der Waals surface area (Å²) in [5.41, 5.74) is 0.675. The van der Waals surface area contributed by atoms with Crippen LogP contribution < -0.4 is 5.32 Å². The van der Waals surface area contributed by atoms with Gasteiger partial charge in [0.15, 0.2) is 15.0 Å². The number of rotatable bonds is 7. The zero-order valence-electron chi connectivity index (χ0n) is 12.0. The van der Waals surface area contributed by atoms with Crippen LogP contribution in [0, 0.1) is 0 Å². The summed E-state index contributed by atoms with van der Waals surface area (Å²) in [7, 11) is -3.54. The Labute approximate surface area is 127 Å². The number of nitrogens with zero attached hydrogens (tertiary/aromatic N) is 1. The number of thiazole rings is 1. The number of carbonyl (C=O) groups excluding carboxylic acids is 1. The van der Waals surface area contributed by atoms with Crippen LogP contribution in [-0.4, -0.2) is 41.4 Å². The number of anilines is 1. The summed E-state index contributed by atoms with van der Waals surface area (Å²) in [5.74, 6) is -1.51. The Kier molecular flexibility index (Phi) is 5.46. The van der Waals surface area contributed by atoms with Crippen LogP contribution in [0.15, 0.2) is 5.38 Å². The van der Waals surface area contributed by atoms with Crippen LogP contribution in [0.25, 0.3) is 0 Å². The second kappa shape index (κ2) is 6.52. The molecule has 0 bridgehead atoms. The van der Waals surface area contributed by atoms with Crippen LogP contribution in [0.1, 0.15) is 32.4 Å². The molecule has 0 atom stereocenters. The fourth-order valence-corrected chi connectivity index (χ4v) is 2.44. The van der Waals surface area contributed by atoms with Crippen molar-refractivity contribution >= 4 is 38.2 Å². The largest absolute Gasteiger partial charge is 0.481 e. The minimum atomic E-state index is -3.54. The van der Waals surface area contributed by atoms with E-state index in [0.717, 1.165) is 6.26 Å². The third kappa shape index (κ3) is 4.78. The van der Waals surface area contributed by atoms with Crippen molar-refractivity contribution in [3.8, 4) is 0 Å². The van der Waals surface area contributed by atoms with Crippen molar-refractivity contribution in [1.82, 2.24) is 4.98 Å². The molecule has 0 fully saturated rings. The number of sulfone groups is 1. The molecule has 2 N–H and O–H groups in total. The van der Waals surface area contributed by atoms with E-state index in [2.05, 4.69) is 10.3 Å². The van der Waals surface area contributed by atoms with E-state index < -0.39 is 26.5 Å². The van der Waals surface area contributed by atoms with E-state index in [4.69, 9.17) is 5.11 Å². The van der Waals surface area contributed by atoms with Crippen LogP contribution >= 0.6 is 11.3 Å². The molecule has 21 heavy (non-hydrogen) atoms. The van der Waals surface area contributed by atoms with Gasteiger partial charge in [0.05, 0.1) is 5.69 Å². The summed E-state index contributed by atoms with van der Waals surface area (Å²) in [6.45, 7) is 2.66. The van der Waals surface area contributed by atoms with Gasteiger partial charge in [-0.2, -0.15) is 0 Å². The van der Waals surface area contributed by atoms with Crippen LogP contribution in [0.3, 0.4) is 0 Å². The molecule has 1 amide bonds. The van der Waals surface area contributed by atoms with E-state index in [1.165, 1.54) is 25.2 Å². The van der Waals surface area contributed by atoms with Gasteiger partial charge in [0.25, 0.3) is 0 Å². The molecule has 1 aromatic heterocycles. The van der Waals surface area contributed by atoms with Crippen molar-refractivity contribution in [3.63, 3.8) is 0 Å². The third-order valence-electron chi connectivity index (χ3n) is 3.07. The monoisotopic (exact) mass is 334 g/mol. The summed E-state index contributed by atoms with van der Waals surface area (Å²) in [4.78, 5) is 26.5. The first-order valence-electron chi connectivity index (χ1n) is 6.21. The van der Waals surface area contributed by atoms with Gasteiger partial charge in [0.2, 0.25) is 5.91 Å². The van der Waals surface area contributed by atoms with Crippen LogP contribution in [0.5, 0.6) is 0 Å². The fourth-order valence-electron chi connectivity index (χ4n) is 1.32. The molecule has 1 rings (SSSR count). The van der Waals surface area contributed by atoms with Crippen LogP contribution in [-0.2, 0) is 25.8 Å². The number of carboxylic acids is 1. The van der Waals surface area contributed by atoms with Gasteiger partial charge in [-0.25, -0.2) is 13.4 Å². The van der Waals surface area contributed by atoms with E-state index >= 15 is 0 Å². The van der Waals surface area contributed by atoms with Crippen molar-refractivity contribution in [2.45, 2.75) is 37.9 Å². The Bertz CT molecular complexity index is 634. The van der Waals surface area contributed by atoms with Gasteiger partial charge in [-0.05, 0) is 26.7 Å². The molecule has 0 saturated carbocycles. The summed E-state index contributed by atoms with van der Waals surface area (Å²) >= 11 is 1.18. The quantitative estimate of drug-likeness (QED) is 0.777. The summed E-state index contributed by atoms with van der Waals surface area (Å²) < 4.78 is 21.6. The molecule has 0 spiro atoms. The first-order chi connectivity index (χ1) is 9.54.